The first-order valence-electron chi connectivity index (χ1n) is 10.1. The van der Waals surface area contributed by atoms with Crippen LogP contribution in [0.25, 0.3) is 22.4 Å². The van der Waals surface area contributed by atoms with Crippen LogP contribution in [-0.4, -0.2) is 65.4 Å². The maximum absolute atomic E-state index is 11.5. The molecule has 1 N–H and O–H groups in total. The third kappa shape index (κ3) is 4.06. The number of likely N-dealkylation sites (N-methyl/N-ethyl adjacent to an activating group) is 1. The molecule has 1 fully saturated rings. The number of imidazole rings is 1. The molecule has 3 aromatic rings. The summed E-state index contributed by atoms with van der Waals surface area (Å²) in [4.78, 5) is 28.0. The molecule has 0 atom stereocenters. The van der Waals surface area contributed by atoms with Gasteiger partial charge in [0.2, 0.25) is 5.95 Å². The van der Waals surface area contributed by atoms with Gasteiger partial charge in [-0.25, -0.2) is 9.97 Å². The summed E-state index contributed by atoms with van der Waals surface area (Å²) in [6.07, 6.45) is 1.81. The molecule has 2 aromatic heterocycles. The zero-order valence-corrected chi connectivity index (χ0v) is 17.5. The second-order valence-corrected chi connectivity index (χ2v) is 7.38. The Morgan fingerprint density at radius 3 is 2.80 bits per heavy atom. The Morgan fingerprint density at radius 2 is 2.07 bits per heavy atom. The average molecular weight is 410 g/mol. The van der Waals surface area contributed by atoms with Gasteiger partial charge in [0.1, 0.15) is 17.0 Å². The second-order valence-electron chi connectivity index (χ2n) is 7.38. The van der Waals surface area contributed by atoms with E-state index in [1.807, 2.05) is 30.6 Å². The van der Waals surface area contributed by atoms with Crippen molar-refractivity contribution in [3.05, 3.63) is 30.6 Å². The van der Waals surface area contributed by atoms with E-state index in [2.05, 4.69) is 33.6 Å². The quantitative estimate of drug-likeness (QED) is 0.664. The van der Waals surface area contributed by atoms with Crippen molar-refractivity contribution in [2.24, 2.45) is 0 Å². The van der Waals surface area contributed by atoms with Gasteiger partial charge < -0.3 is 24.3 Å². The van der Waals surface area contributed by atoms with Crippen molar-refractivity contribution in [3.63, 3.8) is 0 Å². The van der Waals surface area contributed by atoms with Crippen molar-refractivity contribution in [2.75, 3.05) is 44.9 Å². The van der Waals surface area contributed by atoms with E-state index >= 15 is 0 Å². The number of fused-ring (bicyclic) bond motifs is 1. The third-order valence-corrected chi connectivity index (χ3v) is 5.02. The molecule has 158 valence electrons. The molecule has 0 spiro atoms. The number of aromatic nitrogens is 4. The number of nitrogens with one attached hydrogen (secondary N) is 1. The van der Waals surface area contributed by atoms with E-state index in [1.165, 1.54) is 0 Å². The summed E-state index contributed by atoms with van der Waals surface area (Å²) in [6, 6.07) is 7.77. The van der Waals surface area contributed by atoms with Crippen molar-refractivity contribution < 1.29 is 14.3 Å². The number of nitrogens with zero attached hydrogens (tertiary/aromatic N) is 5. The number of morpholine rings is 1. The lowest BCUT2D eigenvalue weighted by Crippen LogP contribution is -2.37. The molecular weight excluding hydrogens is 384 g/mol. The number of hydrogen-bond acceptors (Lipinski definition) is 7. The molecule has 0 aliphatic carbocycles. The summed E-state index contributed by atoms with van der Waals surface area (Å²) in [5.74, 6) is 1.08. The zero-order valence-electron chi connectivity index (χ0n) is 17.5. The van der Waals surface area contributed by atoms with Crippen molar-refractivity contribution in [3.8, 4) is 17.0 Å². The number of amides is 1. The molecule has 1 aromatic carbocycles. The Kier molecular flexibility index (Phi) is 5.80. The standard InChI is InChI=1S/C21H26N6O3/c1-14(2)27-13-23-19-18(15-5-4-6-16(11-15)30-12-17(28)22-3)24-21(25-20(19)27)26-7-9-29-10-8-26/h4-6,11,13-14H,7-10,12H2,1-3H3,(H,22,28). The minimum Gasteiger partial charge on any atom is -0.484 e. The van der Waals surface area contributed by atoms with Crippen LogP contribution >= 0.6 is 0 Å². The number of hydrogen-bond donors (Lipinski definition) is 1. The van der Waals surface area contributed by atoms with Gasteiger partial charge in [-0.15, -0.1) is 0 Å². The molecule has 30 heavy (non-hydrogen) atoms. The summed E-state index contributed by atoms with van der Waals surface area (Å²) in [5, 5.41) is 2.55. The maximum atomic E-state index is 11.5. The highest BCUT2D eigenvalue weighted by Crippen LogP contribution is 2.31. The van der Waals surface area contributed by atoms with Crippen LogP contribution < -0.4 is 15.0 Å². The summed E-state index contributed by atoms with van der Waals surface area (Å²) in [5.41, 5.74) is 3.14. The summed E-state index contributed by atoms with van der Waals surface area (Å²) < 4.78 is 13.1. The highest BCUT2D eigenvalue weighted by Gasteiger charge is 2.21. The fourth-order valence-electron chi connectivity index (χ4n) is 3.34. The van der Waals surface area contributed by atoms with E-state index in [0.717, 1.165) is 35.5 Å². The lowest BCUT2D eigenvalue weighted by Gasteiger charge is -2.27. The van der Waals surface area contributed by atoms with Crippen LogP contribution in [0.1, 0.15) is 19.9 Å². The lowest BCUT2D eigenvalue weighted by molar-refractivity contribution is -0.122. The molecular formula is C21H26N6O3. The molecule has 4 rings (SSSR count). The second kappa shape index (κ2) is 8.66. The van der Waals surface area contributed by atoms with Gasteiger partial charge in [0.05, 0.1) is 19.5 Å². The number of carbonyl (C=O) groups excluding carboxylic acids is 1. The fourth-order valence-corrected chi connectivity index (χ4v) is 3.34. The molecule has 1 amide bonds. The third-order valence-electron chi connectivity index (χ3n) is 5.02. The van der Waals surface area contributed by atoms with Crippen LogP contribution in [0.4, 0.5) is 5.95 Å². The summed E-state index contributed by atoms with van der Waals surface area (Å²) >= 11 is 0. The van der Waals surface area contributed by atoms with Gasteiger partial charge in [-0.05, 0) is 26.0 Å². The molecule has 0 unspecified atom stereocenters. The maximum Gasteiger partial charge on any atom is 0.257 e. The molecule has 0 radical (unpaired) electrons. The monoisotopic (exact) mass is 410 g/mol. The minimum atomic E-state index is -0.185. The molecule has 0 saturated carbocycles. The molecule has 9 heteroatoms. The summed E-state index contributed by atoms with van der Waals surface area (Å²) in [6.45, 7) is 6.97. The van der Waals surface area contributed by atoms with Crippen LogP contribution in [-0.2, 0) is 9.53 Å². The van der Waals surface area contributed by atoms with Crippen LogP contribution in [0.5, 0.6) is 5.75 Å². The lowest BCUT2D eigenvalue weighted by atomic mass is 10.1. The largest absolute Gasteiger partial charge is 0.484 e. The van der Waals surface area contributed by atoms with Gasteiger partial charge >= 0.3 is 0 Å². The predicted octanol–water partition coefficient (Wildman–Crippen LogP) is 2.04. The smallest absolute Gasteiger partial charge is 0.257 e. The van der Waals surface area contributed by atoms with E-state index in [1.54, 1.807) is 7.05 Å². The van der Waals surface area contributed by atoms with Crippen LogP contribution in [0, 0.1) is 0 Å². The highest BCUT2D eigenvalue weighted by molar-refractivity contribution is 5.89. The molecule has 3 heterocycles. The molecule has 9 nitrogen and oxygen atoms in total. The Labute approximate surface area is 175 Å². The topological polar surface area (TPSA) is 94.4 Å². The first-order valence-corrected chi connectivity index (χ1v) is 10.1. The van der Waals surface area contributed by atoms with E-state index in [0.29, 0.717) is 24.9 Å². The van der Waals surface area contributed by atoms with Gasteiger partial charge in [-0.2, -0.15) is 4.98 Å². The summed E-state index contributed by atoms with van der Waals surface area (Å²) in [7, 11) is 1.58. The van der Waals surface area contributed by atoms with E-state index < -0.39 is 0 Å². The average Bonchev–Trinajstić information content (AvgIpc) is 3.22. The first kappa shape index (κ1) is 20.1. The number of anilines is 1. The molecule has 1 aliphatic heterocycles. The number of benzene rings is 1. The SMILES string of the molecule is CNC(=O)COc1cccc(-c2nc(N3CCOCC3)nc3c2ncn3C(C)C)c1. The van der Waals surface area contributed by atoms with Crippen LogP contribution in [0.3, 0.4) is 0 Å². The number of rotatable bonds is 6. The molecule has 1 saturated heterocycles. The van der Waals surface area contributed by atoms with Crippen LogP contribution in [0.15, 0.2) is 30.6 Å². The Bertz CT molecular complexity index is 1040. The minimum absolute atomic E-state index is 0.0415. The zero-order chi connectivity index (χ0) is 21.1. The molecule has 0 bridgehead atoms. The van der Waals surface area contributed by atoms with Gasteiger partial charge in [0, 0.05) is 31.7 Å². The predicted molar refractivity (Wildman–Crippen MR) is 114 cm³/mol. The number of carbonyl (C=O) groups is 1. The van der Waals surface area contributed by atoms with Gasteiger partial charge in [0.15, 0.2) is 12.3 Å². The van der Waals surface area contributed by atoms with Gasteiger partial charge in [-0.3, -0.25) is 4.79 Å². The van der Waals surface area contributed by atoms with Crippen LogP contribution in [0.2, 0.25) is 0 Å². The first-order chi connectivity index (χ1) is 14.6. The van der Waals surface area contributed by atoms with E-state index in [9.17, 15) is 4.79 Å². The van der Waals surface area contributed by atoms with E-state index in [4.69, 9.17) is 19.4 Å². The number of ether oxygens (including phenoxy) is 2. The van der Waals surface area contributed by atoms with Crippen molar-refractivity contribution >= 4 is 23.0 Å². The van der Waals surface area contributed by atoms with Gasteiger partial charge in [0.25, 0.3) is 5.91 Å². The van der Waals surface area contributed by atoms with Crippen molar-refractivity contribution in [1.29, 1.82) is 0 Å². The highest BCUT2D eigenvalue weighted by atomic mass is 16.5. The van der Waals surface area contributed by atoms with Crippen molar-refractivity contribution in [2.45, 2.75) is 19.9 Å². The fraction of sp³-hybridized carbons (Fsp3) is 0.429. The Morgan fingerprint density at radius 1 is 1.27 bits per heavy atom. The van der Waals surface area contributed by atoms with Crippen molar-refractivity contribution in [1.82, 2.24) is 24.8 Å². The molecule has 1 aliphatic rings. The van der Waals surface area contributed by atoms with Gasteiger partial charge in [-0.1, -0.05) is 12.1 Å². The Balaban J connectivity index is 1.78. The Hall–Kier alpha value is -3.20. The van der Waals surface area contributed by atoms with E-state index in [-0.39, 0.29) is 18.6 Å². The normalized spacial score (nSPS) is 14.3.